The third-order valence-electron chi connectivity index (χ3n) is 1.19. The van der Waals surface area contributed by atoms with Gasteiger partial charge in [0.2, 0.25) is 0 Å². The second-order valence-corrected chi connectivity index (χ2v) is 1.86. The van der Waals surface area contributed by atoms with E-state index in [2.05, 4.69) is 20.4 Å². The fourth-order valence-corrected chi connectivity index (χ4v) is 0.587. The van der Waals surface area contributed by atoms with Gasteiger partial charge in [-0.15, -0.1) is 0 Å². The van der Waals surface area contributed by atoms with Crippen LogP contribution in [0.25, 0.3) is 0 Å². The maximum Gasteiger partial charge on any atom is 0.281 e. The van der Waals surface area contributed by atoms with Crippen LogP contribution in [-0.4, -0.2) is 20.4 Å². The van der Waals surface area contributed by atoms with Crippen LogP contribution in [0.15, 0.2) is 24.3 Å². The molecule has 78 valence electrons. The van der Waals surface area contributed by atoms with E-state index in [0.717, 1.165) is 11.3 Å². The molecule has 2 N–H and O–H groups in total. The Morgan fingerprint density at radius 3 is 1.47 bits per heavy atom. The average molecular weight is 243 g/mol. The Hall–Kier alpha value is -1.44. The van der Waals surface area contributed by atoms with Crippen LogP contribution in [0, 0.1) is 6.92 Å². The topological polar surface area (TPSA) is 77.2 Å². The Bertz CT molecular complexity index is 208. The van der Waals surface area contributed by atoms with Crippen LogP contribution in [-0.2, 0) is 31.7 Å². The summed E-state index contributed by atoms with van der Waals surface area (Å²) in [5.74, 6) is 0. The molecule has 0 amide bonds. The van der Waals surface area contributed by atoms with Crippen molar-refractivity contribution in [3.05, 3.63) is 29.8 Å². The molecule has 0 saturated heterocycles. The minimum absolute atomic E-state index is 0. The SMILES string of the molecule is Cc1ccccc1N.[C]=O.[C]=O.[C]=O.[Cr]. The number of carbonyl (C=O) groups excluding carboxylic acids is 3. The summed E-state index contributed by atoms with van der Waals surface area (Å²) in [5.41, 5.74) is 7.53. The van der Waals surface area contributed by atoms with Gasteiger partial charge in [0.1, 0.15) is 0 Å². The molecular formula is C10H9CrNO3. The molecule has 0 aliphatic heterocycles. The maximum absolute atomic E-state index is 7.50. The number of nitrogen functional groups attached to an aromatic ring is 1. The third-order valence-corrected chi connectivity index (χ3v) is 1.19. The number of nitrogens with two attached hydrogens (primary N) is 1. The van der Waals surface area contributed by atoms with Crippen LogP contribution < -0.4 is 5.73 Å². The normalized spacial score (nSPS) is 5.67. The summed E-state index contributed by atoms with van der Waals surface area (Å²) in [6, 6.07) is 7.80. The molecule has 0 aromatic heterocycles. The van der Waals surface area contributed by atoms with Crippen LogP contribution in [0.1, 0.15) is 5.56 Å². The van der Waals surface area contributed by atoms with E-state index in [1.807, 2.05) is 31.2 Å². The van der Waals surface area contributed by atoms with Gasteiger partial charge in [-0.1, -0.05) is 18.2 Å². The maximum atomic E-state index is 7.50. The predicted octanol–water partition coefficient (Wildman–Crippen LogP) is 0.383. The fraction of sp³-hybridized carbons (Fsp3) is 0.100. The quantitative estimate of drug-likeness (QED) is 0.668. The minimum Gasteiger partial charge on any atom is -0.399 e. The molecule has 0 bridgehead atoms. The number of para-hydroxylation sites is 1. The van der Waals surface area contributed by atoms with Gasteiger partial charge >= 0.3 is 0 Å². The molecule has 0 heterocycles. The third kappa shape index (κ3) is 15.3. The van der Waals surface area contributed by atoms with Crippen molar-refractivity contribution in [2.75, 3.05) is 5.73 Å². The van der Waals surface area contributed by atoms with Crippen molar-refractivity contribution in [2.45, 2.75) is 6.92 Å². The van der Waals surface area contributed by atoms with Crippen molar-refractivity contribution in [1.82, 2.24) is 0 Å². The summed E-state index contributed by atoms with van der Waals surface area (Å²) >= 11 is 0. The summed E-state index contributed by atoms with van der Waals surface area (Å²) in [4.78, 5) is 22.5. The first-order chi connectivity index (χ1) is 6.80. The number of aryl methyl sites for hydroxylation is 1. The second-order valence-electron chi connectivity index (χ2n) is 1.86. The number of hydrogen-bond acceptors (Lipinski definition) is 4. The van der Waals surface area contributed by atoms with Crippen LogP contribution in [0.5, 0.6) is 0 Å². The van der Waals surface area contributed by atoms with Crippen molar-refractivity contribution >= 4 is 26.1 Å². The van der Waals surface area contributed by atoms with Gasteiger partial charge < -0.3 is 5.73 Å². The monoisotopic (exact) mass is 243 g/mol. The molecule has 0 saturated carbocycles. The van der Waals surface area contributed by atoms with Crippen molar-refractivity contribution in [3.63, 3.8) is 0 Å². The van der Waals surface area contributed by atoms with E-state index in [1.54, 1.807) is 0 Å². The fourth-order valence-electron chi connectivity index (χ4n) is 0.587. The molecule has 0 aliphatic carbocycles. The molecule has 0 spiro atoms. The molecule has 15 heavy (non-hydrogen) atoms. The average Bonchev–Trinajstić information content (AvgIpc) is 2.31. The summed E-state index contributed by atoms with van der Waals surface area (Å²) < 4.78 is 0. The molecule has 1 rings (SSSR count). The van der Waals surface area contributed by atoms with Gasteiger partial charge in [0, 0.05) is 23.0 Å². The zero-order chi connectivity index (χ0) is 12.0. The molecule has 0 fully saturated rings. The molecule has 1 aromatic rings. The van der Waals surface area contributed by atoms with Gasteiger partial charge in [0.05, 0.1) is 0 Å². The van der Waals surface area contributed by atoms with Crippen LogP contribution in [0.3, 0.4) is 0 Å². The second kappa shape index (κ2) is 22.9. The van der Waals surface area contributed by atoms with Crippen molar-refractivity contribution < 1.29 is 31.7 Å². The Morgan fingerprint density at radius 1 is 0.933 bits per heavy atom. The number of benzene rings is 1. The van der Waals surface area contributed by atoms with E-state index in [1.165, 1.54) is 0 Å². The van der Waals surface area contributed by atoms with E-state index < -0.39 is 0 Å². The van der Waals surface area contributed by atoms with Gasteiger partial charge in [-0.3, -0.25) is 14.4 Å². The summed E-state index contributed by atoms with van der Waals surface area (Å²) in [6.07, 6.45) is 0. The Balaban J connectivity index is -0.0000000755. The molecule has 0 unspecified atom stereocenters. The van der Waals surface area contributed by atoms with Crippen LogP contribution in [0.2, 0.25) is 0 Å². The zero-order valence-corrected chi connectivity index (χ0v) is 9.29. The van der Waals surface area contributed by atoms with E-state index in [-0.39, 0.29) is 17.4 Å². The van der Waals surface area contributed by atoms with E-state index in [9.17, 15) is 0 Å². The number of anilines is 1. The number of rotatable bonds is 0. The molecule has 0 atom stereocenters. The molecule has 0 aliphatic rings. The largest absolute Gasteiger partial charge is 0.399 e. The van der Waals surface area contributed by atoms with Gasteiger partial charge in [0.15, 0.2) is 0 Å². The summed E-state index contributed by atoms with van der Waals surface area (Å²) in [5, 5.41) is 0. The molecular weight excluding hydrogens is 234 g/mol. The molecule has 6 radical (unpaired) electrons. The first kappa shape index (κ1) is 23.4. The molecule has 5 heteroatoms. The number of hydrogen-bond donors (Lipinski definition) is 1. The van der Waals surface area contributed by atoms with Crippen LogP contribution in [0.4, 0.5) is 5.69 Å². The van der Waals surface area contributed by atoms with Gasteiger partial charge in [0.25, 0.3) is 20.4 Å². The Labute approximate surface area is 101 Å². The van der Waals surface area contributed by atoms with Gasteiger partial charge in [-0.25, -0.2) is 0 Å². The first-order valence-corrected chi connectivity index (χ1v) is 3.23. The van der Waals surface area contributed by atoms with E-state index >= 15 is 0 Å². The Kier molecular flexibility index (Phi) is 35.7. The van der Waals surface area contributed by atoms with Crippen molar-refractivity contribution in [1.29, 1.82) is 0 Å². The Morgan fingerprint density at radius 2 is 1.27 bits per heavy atom. The van der Waals surface area contributed by atoms with Crippen molar-refractivity contribution in [2.24, 2.45) is 0 Å². The van der Waals surface area contributed by atoms with Gasteiger partial charge in [-0.2, -0.15) is 0 Å². The zero-order valence-electron chi connectivity index (χ0n) is 8.02. The predicted molar refractivity (Wildman–Crippen MR) is 52.7 cm³/mol. The van der Waals surface area contributed by atoms with Gasteiger partial charge in [-0.05, 0) is 18.6 Å². The summed E-state index contributed by atoms with van der Waals surface area (Å²) in [6.45, 7) is 15.5. The molecule has 4 nitrogen and oxygen atoms in total. The minimum atomic E-state index is 0. The standard InChI is InChI=1S/C7H9N.3CO.Cr/c1-6-4-2-3-5-7(6)8;3*1-2;/h2-5H,8H2,1H3;;;;. The van der Waals surface area contributed by atoms with Crippen LogP contribution >= 0.6 is 0 Å². The smallest absolute Gasteiger partial charge is 0.281 e. The first-order valence-electron chi connectivity index (χ1n) is 3.23. The summed E-state index contributed by atoms with van der Waals surface area (Å²) in [7, 11) is 0. The molecule has 1 aromatic carbocycles. The van der Waals surface area contributed by atoms with E-state index in [0.29, 0.717) is 0 Å². The van der Waals surface area contributed by atoms with Crippen molar-refractivity contribution in [3.8, 4) is 0 Å². The van der Waals surface area contributed by atoms with E-state index in [4.69, 9.17) is 20.1 Å².